The number of pyridine rings is 1. The summed E-state index contributed by atoms with van der Waals surface area (Å²) < 4.78 is 36.4. The molecule has 124 valence electrons. The molecule has 0 saturated heterocycles. The van der Waals surface area contributed by atoms with Gasteiger partial charge in [0.25, 0.3) is 0 Å². The molecule has 1 heterocycles. The van der Waals surface area contributed by atoms with Gasteiger partial charge in [0.2, 0.25) is 5.95 Å². The lowest BCUT2D eigenvalue weighted by Gasteiger charge is -2.36. The summed E-state index contributed by atoms with van der Waals surface area (Å²) in [5.41, 5.74) is 12.6. The molecule has 0 aliphatic carbocycles. The van der Waals surface area contributed by atoms with Crippen LogP contribution in [0.25, 0.3) is 0 Å². The van der Waals surface area contributed by atoms with Crippen LogP contribution in [0.5, 0.6) is 0 Å². The third kappa shape index (κ3) is 3.89. The Labute approximate surface area is 133 Å². The maximum Gasteiger partial charge on any atom is 0.212 e. The lowest BCUT2D eigenvalue weighted by Crippen LogP contribution is -2.55. The van der Waals surface area contributed by atoms with Gasteiger partial charge in [0.15, 0.2) is 0 Å². The molecule has 0 unspecified atom stereocenters. The fourth-order valence-corrected chi connectivity index (χ4v) is 2.33. The number of aromatic nitrogens is 1. The van der Waals surface area contributed by atoms with E-state index < -0.39 is 23.3 Å². The lowest BCUT2D eigenvalue weighted by molar-refractivity contribution is -0.0396. The third-order valence-corrected chi connectivity index (χ3v) is 3.61. The molecule has 0 bridgehead atoms. The molecule has 0 spiro atoms. The lowest BCUT2D eigenvalue weighted by atomic mass is 9.79. The van der Waals surface area contributed by atoms with Crippen LogP contribution in [0.3, 0.4) is 0 Å². The van der Waals surface area contributed by atoms with Gasteiger partial charge in [-0.25, -0.2) is 9.37 Å². The summed E-state index contributed by atoms with van der Waals surface area (Å²) >= 11 is 0. The van der Waals surface area contributed by atoms with Crippen molar-refractivity contribution in [2.24, 2.45) is 11.5 Å². The Morgan fingerprint density at radius 3 is 2.35 bits per heavy atom. The molecule has 2 aromatic rings. The van der Waals surface area contributed by atoms with Crippen molar-refractivity contribution in [3.63, 3.8) is 0 Å². The van der Waals surface area contributed by atoms with Gasteiger partial charge in [-0.1, -0.05) is 18.2 Å². The van der Waals surface area contributed by atoms with Gasteiger partial charge in [-0.2, -0.15) is 4.39 Å². The minimum atomic E-state index is -1.22. The molecule has 23 heavy (non-hydrogen) atoms. The maximum absolute atomic E-state index is 13.2. The molecule has 1 aromatic heterocycles. The van der Waals surface area contributed by atoms with Gasteiger partial charge in [-0.15, -0.1) is 0 Å². The fourth-order valence-electron chi connectivity index (χ4n) is 2.33. The Kier molecular flexibility index (Phi) is 5.73. The normalized spacial score (nSPS) is 15.2. The number of nitrogens with zero attached hydrogens (tertiary/aromatic N) is 1. The molecule has 0 aliphatic rings. The predicted octanol–water partition coefficient (Wildman–Crippen LogP) is 1.51. The van der Waals surface area contributed by atoms with E-state index >= 15 is 0 Å². The molecule has 0 amide bonds. The number of rotatable bonds is 7. The minimum absolute atomic E-state index is 0.0644. The number of benzene rings is 1. The van der Waals surface area contributed by atoms with Gasteiger partial charge in [0.05, 0.1) is 18.2 Å². The van der Waals surface area contributed by atoms with Gasteiger partial charge >= 0.3 is 0 Å². The second kappa shape index (κ2) is 7.56. The molecule has 7 heteroatoms. The molecule has 4 N–H and O–H groups in total. The van der Waals surface area contributed by atoms with Crippen molar-refractivity contribution < 1.29 is 18.3 Å². The summed E-state index contributed by atoms with van der Waals surface area (Å²) in [4.78, 5) is 3.63. The van der Waals surface area contributed by atoms with Crippen LogP contribution < -0.4 is 11.5 Å². The van der Waals surface area contributed by atoms with Crippen molar-refractivity contribution in [2.45, 2.75) is 11.6 Å². The molecule has 0 saturated carbocycles. The molecular formula is C16H19F2N3O2. The van der Waals surface area contributed by atoms with Crippen LogP contribution in [0.1, 0.15) is 11.1 Å². The van der Waals surface area contributed by atoms with E-state index in [1.807, 2.05) is 0 Å². The monoisotopic (exact) mass is 323 g/mol. The van der Waals surface area contributed by atoms with Crippen LogP contribution in [0.15, 0.2) is 42.6 Å². The highest BCUT2D eigenvalue weighted by Crippen LogP contribution is 2.30. The standard InChI is InChI=1S/C16H19F2N3O2/c1-22-10-23-9-14(19)16(20,11-2-5-13(17)6-3-11)12-4-7-15(18)21-8-12/h2-8,14H,9-10,19-20H2,1H3/t14-,16-/m0/s1. The highest BCUT2D eigenvalue weighted by atomic mass is 19.1. The summed E-state index contributed by atoms with van der Waals surface area (Å²) in [6.45, 7) is 0.161. The second-order valence-corrected chi connectivity index (χ2v) is 5.13. The Morgan fingerprint density at radius 2 is 1.78 bits per heavy atom. The summed E-state index contributed by atoms with van der Waals surface area (Å²) in [5.74, 6) is -1.02. The van der Waals surface area contributed by atoms with Crippen molar-refractivity contribution >= 4 is 0 Å². The Morgan fingerprint density at radius 1 is 1.13 bits per heavy atom. The summed E-state index contributed by atoms with van der Waals surface area (Å²) in [6.07, 6.45) is 1.31. The molecule has 0 aliphatic heterocycles. The number of hydrogen-bond donors (Lipinski definition) is 2. The third-order valence-electron chi connectivity index (χ3n) is 3.61. The maximum atomic E-state index is 13.2. The number of ether oxygens (including phenoxy) is 2. The molecule has 1 aromatic carbocycles. The van der Waals surface area contributed by atoms with Crippen molar-refractivity contribution in [2.75, 3.05) is 20.5 Å². The fraction of sp³-hybridized carbons (Fsp3) is 0.312. The smallest absolute Gasteiger partial charge is 0.212 e. The van der Waals surface area contributed by atoms with Gasteiger partial charge in [-0.3, -0.25) is 0 Å². The number of nitrogens with two attached hydrogens (primary N) is 2. The van der Waals surface area contributed by atoms with Gasteiger partial charge in [0, 0.05) is 13.3 Å². The Bertz CT molecular complexity index is 575. The van der Waals surface area contributed by atoms with Crippen LogP contribution in [0.4, 0.5) is 8.78 Å². The first-order valence-electron chi connectivity index (χ1n) is 6.97. The molecule has 0 radical (unpaired) electrons. The van der Waals surface area contributed by atoms with Crippen molar-refractivity contribution in [3.8, 4) is 0 Å². The molecular weight excluding hydrogens is 304 g/mol. The first kappa shape index (κ1) is 17.4. The average molecular weight is 323 g/mol. The highest BCUT2D eigenvalue weighted by molar-refractivity contribution is 5.39. The Balaban J connectivity index is 2.40. The molecule has 2 atom stereocenters. The first-order valence-corrected chi connectivity index (χ1v) is 6.97. The Hall–Kier alpha value is -1.93. The van der Waals surface area contributed by atoms with Crippen LogP contribution in [-0.2, 0) is 15.0 Å². The quantitative estimate of drug-likeness (QED) is 0.458. The van der Waals surface area contributed by atoms with E-state index in [0.29, 0.717) is 11.1 Å². The predicted molar refractivity (Wildman–Crippen MR) is 81.4 cm³/mol. The topological polar surface area (TPSA) is 83.4 Å². The van der Waals surface area contributed by atoms with Crippen molar-refractivity contribution in [1.82, 2.24) is 4.98 Å². The van der Waals surface area contributed by atoms with Crippen LogP contribution in [0.2, 0.25) is 0 Å². The highest BCUT2D eigenvalue weighted by Gasteiger charge is 2.37. The minimum Gasteiger partial charge on any atom is -0.359 e. The van der Waals surface area contributed by atoms with Crippen LogP contribution >= 0.6 is 0 Å². The van der Waals surface area contributed by atoms with E-state index in [1.54, 1.807) is 0 Å². The van der Waals surface area contributed by atoms with E-state index in [1.165, 1.54) is 49.7 Å². The number of halogens is 2. The number of methoxy groups -OCH3 is 1. The van der Waals surface area contributed by atoms with Crippen LogP contribution in [-0.4, -0.2) is 31.5 Å². The summed E-state index contributed by atoms with van der Waals surface area (Å²) in [7, 11) is 1.49. The van der Waals surface area contributed by atoms with Gasteiger partial charge in [0.1, 0.15) is 12.6 Å². The van der Waals surface area contributed by atoms with Crippen molar-refractivity contribution in [3.05, 3.63) is 65.5 Å². The first-order chi connectivity index (χ1) is 11.0. The summed E-state index contributed by atoms with van der Waals surface area (Å²) in [5, 5.41) is 0. The van der Waals surface area contributed by atoms with E-state index in [0.717, 1.165) is 0 Å². The SMILES string of the molecule is COCOC[C@H](N)[C@](N)(c1ccc(F)cc1)c1ccc(F)nc1. The van der Waals surface area contributed by atoms with E-state index in [2.05, 4.69) is 4.98 Å². The zero-order valence-electron chi connectivity index (χ0n) is 12.7. The average Bonchev–Trinajstić information content (AvgIpc) is 2.55. The van der Waals surface area contributed by atoms with Crippen LogP contribution in [0, 0.1) is 11.8 Å². The van der Waals surface area contributed by atoms with E-state index in [9.17, 15) is 8.78 Å². The van der Waals surface area contributed by atoms with E-state index in [4.69, 9.17) is 20.9 Å². The molecule has 5 nitrogen and oxygen atoms in total. The van der Waals surface area contributed by atoms with Gasteiger partial charge < -0.3 is 20.9 Å². The van der Waals surface area contributed by atoms with Gasteiger partial charge in [-0.05, 0) is 29.3 Å². The largest absolute Gasteiger partial charge is 0.359 e. The molecule has 0 fully saturated rings. The second-order valence-electron chi connectivity index (χ2n) is 5.13. The zero-order chi connectivity index (χ0) is 16.9. The number of hydrogen-bond acceptors (Lipinski definition) is 5. The molecule has 2 rings (SSSR count). The zero-order valence-corrected chi connectivity index (χ0v) is 12.7. The van der Waals surface area contributed by atoms with E-state index in [-0.39, 0.29) is 13.4 Å². The summed E-state index contributed by atoms with van der Waals surface area (Å²) in [6, 6.07) is 7.66. The van der Waals surface area contributed by atoms with Crippen molar-refractivity contribution in [1.29, 1.82) is 0 Å².